The van der Waals surface area contributed by atoms with Gasteiger partial charge in [-0.25, -0.2) is 4.98 Å². The molecule has 0 spiro atoms. The van der Waals surface area contributed by atoms with Crippen molar-refractivity contribution >= 4 is 34.7 Å². The number of hydrogen-bond acceptors (Lipinski definition) is 4. The molecule has 100 valence electrons. The summed E-state index contributed by atoms with van der Waals surface area (Å²) in [5, 5.41) is 8.06. The van der Waals surface area contributed by atoms with Crippen molar-refractivity contribution in [2.24, 2.45) is 0 Å². The molecule has 2 N–H and O–H groups in total. The van der Waals surface area contributed by atoms with Crippen molar-refractivity contribution < 1.29 is 4.79 Å². The summed E-state index contributed by atoms with van der Waals surface area (Å²) in [5.74, 6) is 0.438. The molecule has 1 amide bonds. The number of nitrogens with zero attached hydrogens (tertiary/aromatic N) is 1. The van der Waals surface area contributed by atoms with Gasteiger partial charge in [-0.1, -0.05) is 17.7 Å². The lowest BCUT2D eigenvalue weighted by molar-refractivity contribution is 0.0954. The normalized spacial score (nSPS) is 10.2. The number of hydrogen-bond donors (Lipinski definition) is 2. The third-order valence-electron chi connectivity index (χ3n) is 2.55. The number of thiophene rings is 1. The van der Waals surface area contributed by atoms with E-state index in [0.29, 0.717) is 23.1 Å². The smallest absolute Gasteiger partial charge is 0.251 e. The zero-order chi connectivity index (χ0) is 13.7. The van der Waals surface area contributed by atoms with Gasteiger partial charge in [0.15, 0.2) is 0 Å². The average Bonchev–Trinajstić information content (AvgIpc) is 2.91. The molecule has 0 fully saturated rings. The Morgan fingerprint density at radius 2 is 2.32 bits per heavy atom. The Labute approximate surface area is 120 Å². The van der Waals surface area contributed by atoms with Crippen LogP contribution in [0.2, 0.25) is 5.15 Å². The van der Waals surface area contributed by atoms with Gasteiger partial charge in [-0.05, 0) is 30.0 Å². The fourth-order valence-electron chi connectivity index (χ4n) is 1.61. The van der Waals surface area contributed by atoms with Crippen LogP contribution < -0.4 is 10.6 Å². The molecule has 0 bridgehead atoms. The number of nitrogens with one attached hydrogen (secondary N) is 2. The monoisotopic (exact) mass is 295 g/mol. The molecule has 0 aromatic carbocycles. The van der Waals surface area contributed by atoms with Crippen molar-refractivity contribution in [2.75, 3.05) is 18.9 Å². The molecule has 0 unspecified atom stereocenters. The van der Waals surface area contributed by atoms with Crippen LogP contribution in [-0.4, -0.2) is 24.5 Å². The van der Waals surface area contributed by atoms with E-state index < -0.39 is 0 Å². The Morgan fingerprint density at radius 1 is 1.47 bits per heavy atom. The summed E-state index contributed by atoms with van der Waals surface area (Å²) in [6.45, 7) is 0.605. The van der Waals surface area contributed by atoms with E-state index in [4.69, 9.17) is 11.6 Å². The first-order valence-electron chi connectivity index (χ1n) is 5.85. The number of aromatic nitrogens is 1. The lowest BCUT2D eigenvalue weighted by atomic mass is 10.2. The van der Waals surface area contributed by atoms with Gasteiger partial charge in [0.25, 0.3) is 5.91 Å². The lowest BCUT2D eigenvalue weighted by Gasteiger charge is -2.06. The van der Waals surface area contributed by atoms with Crippen LogP contribution >= 0.6 is 22.9 Å². The second kappa shape index (κ2) is 6.54. The van der Waals surface area contributed by atoms with Crippen molar-refractivity contribution in [3.05, 3.63) is 45.2 Å². The summed E-state index contributed by atoms with van der Waals surface area (Å²) < 4.78 is 0. The van der Waals surface area contributed by atoms with E-state index in [-0.39, 0.29) is 5.91 Å². The van der Waals surface area contributed by atoms with Crippen molar-refractivity contribution in [3.8, 4) is 0 Å². The van der Waals surface area contributed by atoms with Crippen molar-refractivity contribution in [1.82, 2.24) is 10.3 Å². The Hall–Kier alpha value is -1.59. The number of pyridine rings is 1. The summed E-state index contributed by atoms with van der Waals surface area (Å²) in [6.07, 6.45) is 0.834. The maximum absolute atomic E-state index is 12.0. The molecular weight excluding hydrogens is 282 g/mol. The minimum atomic E-state index is -0.141. The molecule has 19 heavy (non-hydrogen) atoms. The van der Waals surface area contributed by atoms with Gasteiger partial charge in [-0.2, -0.15) is 0 Å². The predicted octanol–water partition coefficient (Wildman–Crippen LogP) is 2.81. The largest absolute Gasteiger partial charge is 0.373 e. The first-order valence-corrected chi connectivity index (χ1v) is 7.10. The highest BCUT2D eigenvalue weighted by Crippen LogP contribution is 2.14. The zero-order valence-electron chi connectivity index (χ0n) is 10.4. The van der Waals surface area contributed by atoms with Gasteiger partial charge in [0.1, 0.15) is 11.0 Å². The third kappa shape index (κ3) is 3.94. The van der Waals surface area contributed by atoms with E-state index in [1.54, 1.807) is 30.5 Å². The molecule has 2 rings (SSSR count). The number of carbonyl (C=O) groups excluding carboxylic acids is 1. The molecule has 0 atom stereocenters. The highest BCUT2D eigenvalue weighted by Gasteiger charge is 2.08. The summed E-state index contributed by atoms with van der Waals surface area (Å²) in [7, 11) is 1.73. The Morgan fingerprint density at radius 3 is 3.00 bits per heavy atom. The van der Waals surface area contributed by atoms with Crippen LogP contribution in [0.5, 0.6) is 0 Å². The summed E-state index contributed by atoms with van der Waals surface area (Å²) in [6, 6.07) is 7.29. The quantitative estimate of drug-likeness (QED) is 0.834. The lowest BCUT2D eigenvalue weighted by Crippen LogP contribution is -2.25. The Bertz CT molecular complexity index is 557. The maximum atomic E-state index is 12.0. The molecular formula is C13H14ClN3OS. The van der Waals surface area contributed by atoms with E-state index in [1.807, 2.05) is 11.4 Å². The number of amides is 1. The minimum Gasteiger partial charge on any atom is -0.373 e. The zero-order valence-corrected chi connectivity index (χ0v) is 12.0. The van der Waals surface area contributed by atoms with Gasteiger partial charge in [0, 0.05) is 24.0 Å². The highest BCUT2D eigenvalue weighted by molar-refractivity contribution is 7.09. The second-order valence-corrected chi connectivity index (χ2v) is 5.32. The molecule has 2 heterocycles. The molecule has 4 nitrogen and oxygen atoms in total. The molecule has 0 saturated carbocycles. The van der Waals surface area contributed by atoms with Gasteiger partial charge >= 0.3 is 0 Å². The van der Waals surface area contributed by atoms with Gasteiger partial charge in [-0.3, -0.25) is 4.79 Å². The predicted molar refractivity (Wildman–Crippen MR) is 79.1 cm³/mol. The topological polar surface area (TPSA) is 54.0 Å². The number of halogens is 1. The maximum Gasteiger partial charge on any atom is 0.251 e. The van der Waals surface area contributed by atoms with Crippen LogP contribution in [-0.2, 0) is 6.42 Å². The molecule has 2 aromatic heterocycles. The van der Waals surface area contributed by atoms with Gasteiger partial charge in [0.05, 0.1) is 0 Å². The Balaban J connectivity index is 1.94. The van der Waals surface area contributed by atoms with Crippen molar-refractivity contribution in [1.29, 1.82) is 0 Å². The number of carbonyl (C=O) groups is 1. The van der Waals surface area contributed by atoms with E-state index >= 15 is 0 Å². The molecule has 0 aliphatic heterocycles. The summed E-state index contributed by atoms with van der Waals surface area (Å²) in [5.41, 5.74) is 0.510. The fraction of sp³-hybridized carbons (Fsp3) is 0.231. The van der Waals surface area contributed by atoms with Crippen LogP contribution in [0.15, 0.2) is 29.6 Å². The first kappa shape index (κ1) is 13.8. The first-order chi connectivity index (χ1) is 9.19. The van der Waals surface area contributed by atoms with Crippen molar-refractivity contribution in [2.45, 2.75) is 6.42 Å². The molecule has 0 aliphatic carbocycles. The number of rotatable bonds is 5. The molecule has 6 heteroatoms. The van der Waals surface area contributed by atoms with E-state index in [1.165, 1.54) is 4.88 Å². The van der Waals surface area contributed by atoms with Gasteiger partial charge < -0.3 is 10.6 Å². The third-order valence-corrected chi connectivity index (χ3v) is 3.68. The Kier molecular flexibility index (Phi) is 4.76. The standard InChI is InChI=1S/C13H14ClN3OS/c1-15-12-8-9(7-11(14)17-12)13(18)16-5-4-10-3-2-6-19-10/h2-3,6-8H,4-5H2,1H3,(H,15,17)(H,16,18). The summed E-state index contributed by atoms with van der Waals surface area (Å²) >= 11 is 7.55. The fourth-order valence-corrected chi connectivity index (χ4v) is 2.53. The number of anilines is 1. The van der Waals surface area contributed by atoms with E-state index in [2.05, 4.69) is 21.7 Å². The molecule has 0 radical (unpaired) electrons. The van der Waals surface area contributed by atoms with E-state index in [9.17, 15) is 4.79 Å². The van der Waals surface area contributed by atoms with Gasteiger partial charge in [0.2, 0.25) is 0 Å². The highest BCUT2D eigenvalue weighted by atomic mass is 35.5. The second-order valence-electron chi connectivity index (χ2n) is 3.90. The molecule has 2 aromatic rings. The van der Waals surface area contributed by atoms with E-state index in [0.717, 1.165) is 6.42 Å². The average molecular weight is 296 g/mol. The van der Waals surface area contributed by atoms with Crippen LogP contribution in [0.1, 0.15) is 15.2 Å². The van der Waals surface area contributed by atoms with Crippen LogP contribution in [0.25, 0.3) is 0 Å². The summed E-state index contributed by atoms with van der Waals surface area (Å²) in [4.78, 5) is 17.3. The van der Waals surface area contributed by atoms with Gasteiger partial charge in [-0.15, -0.1) is 11.3 Å². The molecule has 0 saturated heterocycles. The van der Waals surface area contributed by atoms with Crippen LogP contribution in [0.3, 0.4) is 0 Å². The minimum absolute atomic E-state index is 0.141. The van der Waals surface area contributed by atoms with Crippen LogP contribution in [0.4, 0.5) is 5.82 Å². The van der Waals surface area contributed by atoms with Crippen LogP contribution in [0, 0.1) is 0 Å². The molecule has 0 aliphatic rings. The van der Waals surface area contributed by atoms with Crippen molar-refractivity contribution in [3.63, 3.8) is 0 Å². The SMILES string of the molecule is CNc1cc(C(=O)NCCc2cccs2)cc(Cl)n1.